The van der Waals surface area contributed by atoms with Gasteiger partial charge in [-0.3, -0.25) is 34.2 Å². The van der Waals surface area contributed by atoms with Crippen LogP contribution in [0.1, 0.15) is 91.6 Å². The van der Waals surface area contributed by atoms with E-state index in [0.29, 0.717) is 64.3 Å². The van der Waals surface area contributed by atoms with E-state index in [2.05, 4.69) is 82.3 Å². The van der Waals surface area contributed by atoms with Crippen molar-refractivity contribution in [3.63, 3.8) is 0 Å². The summed E-state index contributed by atoms with van der Waals surface area (Å²) in [6, 6.07) is 23.1. The monoisotopic (exact) mass is 850 g/mol. The number of carbonyl (C=O) groups excluding carboxylic acids is 4. The van der Waals surface area contributed by atoms with Crippen LogP contribution in [0.3, 0.4) is 0 Å². The third-order valence-corrected chi connectivity index (χ3v) is 15.0. The van der Waals surface area contributed by atoms with Gasteiger partial charge >= 0.3 is 0 Å². The van der Waals surface area contributed by atoms with Crippen molar-refractivity contribution in [2.45, 2.75) is 96.6 Å². The Labute approximate surface area is 366 Å². The Morgan fingerprint density at radius 2 is 1.60 bits per heavy atom. The lowest BCUT2D eigenvalue weighted by molar-refractivity contribution is -0.163. The molecule has 5 fully saturated rings. The number of hydrogen-bond acceptors (Lipinski definition) is 10. The molecular weight excluding hydrogens is 797 g/mol. The standard InChI is InChI=1S/C49H54N8O6/c1-48(2)46(49(3,4)47(48)63-39-14-7-30(25-50)42-35(39)12-15-40(58)51-42)53-43(60)29-5-8-32(9-6-29)56-22-21-55(37-24-38(37)56)26-28-17-19-54(20-18-28)33-10-11-34-31(23-33)27-57(45(34)62)36-13-16-41(59)52-44(36)61/h5-12,14-15,23,28,36-38,46-47H,13,16-22,24,26-27H2,1-4H3,(H,51,58)(H,53,60)(H,52,59,61). The SMILES string of the molecule is CC1(C)C(NC(=O)c2ccc(N3CCN(CC4CCN(c5ccc6c(c5)CN(C5CCC(=O)NC5=O)C6=O)CC4)C4CC43)cc2)C(C)(C)C1Oc1ccc(C#N)c2[nH]c(=O)ccc12. The highest BCUT2D eigenvalue weighted by Crippen LogP contribution is 2.56. The normalized spacial score (nSPS) is 26.4. The fourth-order valence-electron chi connectivity index (χ4n) is 11.8. The van der Waals surface area contributed by atoms with Gasteiger partial charge in [0.05, 0.1) is 11.1 Å². The van der Waals surface area contributed by atoms with Gasteiger partial charge in [0, 0.05) is 109 Å². The van der Waals surface area contributed by atoms with Gasteiger partial charge in [-0.05, 0) is 97.8 Å². The summed E-state index contributed by atoms with van der Waals surface area (Å²) in [7, 11) is 0. The Morgan fingerprint density at radius 3 is 2.33 bits per heavy atom. The highest BCUT2D eigenvalue weighted by Gasteiger charge is 2.64. The number of aromatic nitrogens is 1. The van der Waals surface area contributed by atoms with Gasteiger partial charge in [0.2, 0.25) is 17.4 Å². The number of rotatable bonds is 9. The van der Waals surface area contributed by atoms with E-state index >= 15 is 0 Å². The molecule has 0 radical (unpaired) electrons. The van der Waals surface area contributed by atoms with Gasteiger partial charge < -0.3 is 29.7 Å². The van der Waals surface area contributed by atoms with Crippen molar-refractivity contribution in [1.29, 1.82) is 5.26 Å². The first kappa shape index (κ1) is 40.8. The number of hydrogen-bond donors (Lipinski definition) is 3. The lowest BCUT2D eigenvalue weighted by Gasteiger charge is -2.63. The number of benzene rings is 3. The molecule has 3 atom stereocenters. The van der Waals surface area contributed by atoms with Crippen LogP contribution in [-0.4, -0.2) is 101 Å². The number of anilines is 2. The number of pyridine rings is 1. The van der Waals surface area contributed by atoms with Gasteiger partial charge in [0.1, 0.15) is 24.0 Å². The lowest BCUT2D eigenvalue weighted by atomic mass is 9.49. The number of nitrogens with one attached hydrogen (secondary N) is 3. The molecule has 2 aliphatic carbocycles. The highest BCUT2D eigenvalue weighted by atomic mass is 16.5. The molecule has 0 bridgehead atoms. The van der Waals surface area contributed by atoms with E-state index in [1.165, 1.54) is 6.07 Å². The highest BCUT2D eigenvalue weighted by molar-refractivity contribution is 6.05. The molecule has 14 heteroatoms. The molecule has 63 heavy (non-hydrogen) atoms. The van der Waals surface area contributed by atoms with Crippen LogP contribution in [0.15, 0.2) is 71.5 Å². The Bertz CT molecular complexity index is 2630. The van der Waals surface area contributed by atoms with E-state index in [1.54, 1.807) is 23.1 Å². The number of nitrogens with zero attached hydrogens (tertiary/aromatic N) is 5. The van der Waals surface area contributed by atoms with Gasteiger partial charge in [-0.2, -0.15) is 5.26 Å². The molecular formula is C49H54N8O6. The molecule has 14 nitrogen and oxygen atoms in total. The van der Waals surface area contributed by atoms with E-state index in [4.69, 9.17) is 4.74 Å². The first-order valence-corrected chi connectivity index (χ1v) is 22.4. The van der Waals surface area contributed by atoms with E-state index in [9.17, 15) is 29.2 Å². The number of ether oxygens (including phenoxy) is 1. The summed E-state index contributed by atoms with van der Waals surface area (Å²) < 4.78 is 6.64. The van der Waals surface area contributed by atoms with Crippen LogP contribution in [0.2, 0.25) is 0 Å². The maximum absolute atomic E-state index is 13.7. The summed E-state index contributed by atoms with van der Waals surface area (Å²) in [6.07, 6.45) is 3.74. The number of imide groups is 1. The predicted octanol–water partition coefficient (Wildman–Crippen LogP) is 4.95. The summed E-state index contributed by atoms with van der Waals surface area (Å²) in [6.45, 7) is 13.8. The quantitative estimate of drug-likeness (QED) is 0.196. The van der Waals surface area contributed by atoms with Crippen LogP contribution in [0.5, 0.6) is 5.75 Å². The largest absolute Gasteiger partial charge is 0.488 e. The summed E-state index contributed by atoms with van der Waals surface area (Å²) in [5, 5.41) is 16.0. The van der Waals surface area contributed by atoms with E-state index in [0.717, 1.165) is 68.9 Å². The molecule has 3 N–H and O–H groups in total. The molecule has 10 rings (SSSR count). The summed E-state index contributed by atoms with van der Waals surface area (Å²) >= 11 is 0. The van der Waals surface area contributed by atoms with E-state index < -0.39 is 16.9 Å². The molecule has 2 saturated carbocycles. The molecule has 4 aliphatic heterocycles. The second kappa shape index (κ2) is 15.3. The van der Waals surface area contributed by atoms with Crippen molar-refractivity contribution >= 4 is 45.9 Å². The molecule has 3 unspecified atom stereocenters. The molecule has 0 spiro atoms. The Balaban J connectivity index is 0.704. The fourth-order valence-corrected chi connectivity index (χ4v) is 11.8. The van der Waals surface area contributed by atoms with Crippen molar-refractivity contribution in [2.24, 2.45) is 16.7 Å². The number of H-pyrrole nitrogens is 1. The van der Waals surface area contributed by atoms with Gasteiger partial charge in [0.15, 0.2) is 0 Å². The first-order chi connectivity index (χ1) is 30.2. The van der Waals surface area contributed by atoms with Gasteiger partial charge in [-0.25, -0.2) is 0 Å². The minimum Gasteiger partial charge on any atom is -0.488 e. The Hall–Kier alpha value is -6.20. The van der Waals surface area contributed by atoms with E-state index in [-0.39, 0.29) is 47.8 Å². The Kier molecular flexibility index (Phi) is 9.89. The number of piperidine rings is 2. The van der Waals surface area contributed by atoms with Crippen LogP contribution in [0, 0.1) is 28.1 Å². The zero-order valence-corrected chi connectivity index (χ0v) is 36.3. The predicted molar refractivity (Wildman–Crippen MR) is 237 cm³/mol. The second-order valence-corrected chi connectivity index (χ2v) is 19.7. The summed E-state index contributed by atoms with van der Waals surface area (Å²) in [5.74, 6) is 0.294. The van der Waals surface area contributed by atoms with Crippen molar-refractivity contribution in [3.8, 4) is 11.8 Å². The zero-order valence-electron chi connectivity index (χ0n) is 36.3. The minimum atomic E-state index is -0.605. The maximum Gasteiger partial charge on any atom is 0.255 e. The molecule has 1 aromatic heterocycles. The fraction of sp³-hybridized carbons (Fsp3) is 0.469. The van der Waals surface area contributed by atoms with Gasteiger partial charge in [-0.1, -0.05) is 27.7 Å². The molecule has 3 saturated heterocycles. The third kappa shape index (κ3) is 7.10. The molecule has 326 valence electrons. The topological polar surface area (TPSA) is 171 Å². The van der Waals surface area contributed by atoms with Crippen molar-refractivity contribution in [1.82, 2.24) is 25.4 Å². The second-order valence-electron chi connectivity index (χ2n) is 19.7. The number of fused-ring (bicyclic) bond motifs is 3. The molecule has 4 amide bonds. The third-order valence-electron chi connectivity index (χ3n) is 15.0. The molecule has 3 aromatic carbocycles. The number of aromatic amines is 1. The number of piperazine rings is 1. The van der Waals surface area contributed by atoms with Crippen molar-refractivity contribution in [2.75, 3.05) is 42.5 Å². The zero-order chi connectivity index (χ0) is 43.9. The van der Waals surface area contributed by atoms with Crippen LogP contribution in [0.25, 0.3) is 10.9 Å². The van der Waals surface area contributed by atoms with Crippen molar-refractivity contribution in [3.05, 3.63) is 99.3 Å². The molecule has 4 aromatic rings. The van der Waals surface area contributed by atoms with Gasteiger partial charge in [0.25, 0.3) is 11.8 Å². The van der Waals surface area contributed by atoms with Crippen LogP contribution in [0.4, 0.5) is 11.4 Å². The molecule has 5 heterocycles. The summed E-state index contributed by atoms with van der Waals surface area (Å²) in [4.78, 5) is 75.1. The van der Waals surface area contributed by atoms with Crippen molar-refractivity contribution < 1.29 is 23.9 Å². The summed E-state index contributed by atoms with van der Waals surface area (Å²) in [5.41, 5.74) is 4.22. The smallest absolute Gasteiger partial charge is 0.255 e. The first-order valence-electron chi connectivity index (χ1n) is 22.4. The van der Waals surface area contributed by atoms with Crippen LogP contribution < -0.4 is 30.7 Å². The lowest BCUT2D eigenvalue weighted by Crippen LogP contribution is -2.74. The van der Waals surface area contributed by atoms with Crippen LogP contribution >= 0.6 is 0 Å². The number of nitriles is 1. The number of amides is 4. The Morgan fingerprint density at radius 1 is 0.857 bits per heavy atom. The maximum atomic E-state index is 13.7. The number of carbonyl (C=O) groups is 4. The molecule has 6 aliphatic rings. The van der Waals surface area contributed by atoms with Gasteiger partial charge in [-0.15, -0.1) is 0 Å². The minimum absolute atomic E-state index is 0.115. The van der Waals surface area contributed by atoms with E-state index in [1.807, 2.05) is 24.3 Å². The van der Waals surface area contributed by atoms with Crippen LogP contribution in [-0.2, 0) is 16.1 Å². The average Bonchev–Trinajstić information content (AvgIpc) is 4.02. The average molecular weight is 851 g/mol.